The Hall–Kier alpha value is -2.57. The molecule has 0 bridgehead atoms. The molecule has 2 aromatic heterocycles. The number of anilines is 1. The van der Waals surface area contributed by atoms with Crippen LogP contribution >= 0.6 is 0 Å². The molecule has 0 atom stereocenters. The van der Waals surface area contributed by atoms with Crippen molar-refractivity contribution in [2.24, 2.45) is 0 Å². The average Bonchev–Trinajstić information content (AvgIpc) is 3.18. The number of nitrogens with zero attached hydrogens (tertiary/aromatic N) is 2. The predicted octanol–water partition coefficient (Wildman–Crippen LogP) is 0.981. The van der Waals surface area contributed by atoms with Crippen LogP contribution < -0.4 is 16.6 Å². The highest BCUT2D eigenvalue weighted by molar-refractivity contribution is 5.76. The quantitative estimate of drug-likeness (QED) is 0.876. The van der Waals surface area contributed by atoms with Gasteiger partial charge in [-0.1, -0.05) is 0 Å². The number of hydrogen-bond acceptors (Lipinski definition) is 5. The van der Waals surface area contributed by atoms with E-state index in [-0.39, 0.29) is 24.2 Å². The Morgan fingerprint density at radius 2 is 2.18 bits per heavy atom. The molecule has 0 radical (unpaired) electrons. The first kappa shape index (κ1) is 14.4. The Morgan fingerprint density at radius 3 is 2.77 bits per heavy atom. The van der Waals surface area contributed by atoms with Crippen molar-refractivity contribution < 1.29 is 9.21 Å². The SMILES string of the molecule is Cc1cc(-c2cc(N)c(=O)n(CC(=O)NC3CC3)n2)c(C)o1. The van der Waals surface area contributed by atoms with Crippen molar-refractivity contribution in [2.75, 3.05) is 5.73 Å². The van der Waals surface area contributed by atoms with E-state index in [1.54, 1.807) is 0 Å². The Kier molecular flexibility index (Phi) is 3.48. The summed E-state index contributed by atoms with van der Waals surface area (Å²) in [5, 5.41) is 7.07. The molecule has 22 heavy (non-hydrogen) atoms. The minimum Gasteiger partial charge on any atom is -0.466 e. The zero-order valence-corrected chi connectivity index (χ0v) is 12.5. The Balaban J connectivity index is 1.94. The largest absolute Gasteiger partial charge is 0.466 e. The number of amides is 1. The molecular weight excluding hydrogens is 284 g/mol. The smallest absolute Gasteiger partial charge is 0.290 e. The molecule has 1 aliphatic carbocycles. The van der Waals surface area contributed by atoms with Crippen molar-refractivity contribution in [3.8, 4) is 11.3 Å². The van der Waals surface area contributed by atoms with Gasteiger partial charge in [0, 0.05) is 11.6 Å². The van der Waals surface area contributed by atoms with Gasteiger partial charge in [0.25, 0.3) is 5.56 Å². The van der Waals surface area contributed by atoms with E-state index in [0.29, 0.717) is 11.5 Å². The number of aromatic nitrogens is 2. The lowest BCUT2D eigenvalue weighted by atomic mass is 10.1. The fourth-order valence-corrected chi connectivity index (χ4v) is 2.32. The topological polar surface area (TPSA) is 103 Å². The predicted molar refractivity (Wildman–Crippen MR) is 81.3 cm³/mol. The molecule has 0 aromatic carbocycles. The van der Waals surface area contributed by atoms with E-state index in [1.807, 2.05) is 19.9 Å². The van der Waals surface area contributed by atoms with E-state index in [9.17, 15) is 9.59 Å². The minimum absolute atomic E-state index is 0.0578. The maximum atomic E-state index is 12.1. The van der Waals surface area contributed by atoms with E-state index in [4.69, 9.17) is 10.2 Å². The van der Waals surface area contributed by atoms with Gasteiger partial charge in [0.15, 0.2) is 0 Å². The van der Waals surface area contributed by atoms with E-state index in [0.717, 1.165) is 28.8 Å². The maximum absolute atomic E-state index is 12.1. The molecule has 3 N–H and O–H groups in total. The third kappa shape index (κ3) is 2.88. The van der Waals surface area contributed by atoms with Crippen LogP contribution in [0.5, 0.6) is 0 Å². The monoisotopic (exact) mass is 302 g/mol. The summed E-state index contributed by atoms with van der Waals surface area (Å²) in [6, 6.07) is 3.58. The molecule has 2 aromatic rings. The summed E-state index contributed by atoms with van der Waals surface area (Å²) in [4.78, 5) is 23.9. The molecule has 2 heterocycles. The average molecular weight is 302 g/mol. The highest BCUT2D eigenvalue weighted by Gasteiger charge is 2.24. The van der Waals surface area contributed by atoms with Crippen molar-refractivity contribution >= 4 is 11.6 Å². The number of furan rings is 1. The number of rotatable bonds is 4. The number of nitrogens with two attached hydrogens (primary N) is 1. The van der Waals surface area contributed by atoms with Gasteiger partial charge >= 0.3 is 0 Å². The van der Waals surface area contributed by atoms with Gasteiger partial charge in [-0.2, -0.15) is 5.10 Å². The number of carbonyl (C=O) groups excluding carboxylic acids is 1. The molecule has 1 saturated carbocycles. The Bertz CT molecular complexity index is 787. The number of hydrogen-bond donors (Lipinski definition) is 2. The first-order chi connectivity index (χ1) is 10.4. The van der Waals surface area contributed by atoms with Gasteiger partial charge in [0.05, 0.1) is 5.69 Å². The number of aryl methyl sites for hydroxylation is 2. The van der Waals surface area contributed by atoms with Crippen molar-refractivity contribution in [3.63, 3.8) is 0 Å². The summed E-state index contributed by atoms with van der Waals surface area (Å²) in [6.45, 7) is 3.51. The lowest BCUT2D eigenvalue weighted by molar-refractivity contribution is -0.122. The molecule has 7 nitrogen and oxygen atoms in total. The van der Waals surface area contributed by atoms with E-state index in [1.165, 1.54) is 6.07 Å². The molecule has 7 heteroatoms. The molecule has 116 valence electrons. The number of nitrogen functional groups attached to an aromatic ring is 1. The summed E-state index contributed by atoms with van der Waals surface area (Å²) >= 11 is 0. The highest BCUT2D eigenvalue weighted by atomic mass is 16.3. The molecule has 0 spiro atoms. The fraction of sp³-hybridized carbons (Fsp3) is 0.400. The van der Waals surface area contributed by atoms with Crippen molar-refractivity contribution in [2.45, 2.75) is 39.3 Å². The molecule has 0 unspecified atom stereocenters. The third-order valence-corrected chi connectivity index (χ3v) is 3.55. The summed E-state index contributed by atoms with van der Waals surface area (Å²) in [5.74, 6) is 1.21. The van der Waals surface area contributed by atoms with Gasteiger partial charge in [0.1, 0.15) is 23.8 Å². The first-order valence-electron chi connectivity index (χ1n) is 7.18. The molecule has 3 rings (SSSR count). The van der Waals surface area contributed by atoms with Crippen LogP contribution in [0.4, 0.5) is 5.69 Å². The highest BCUT2D eigenvalue weighted by Crippen LogP contribution is 2.25. The third-order valence-electron chi connectivity index (χ3n) is 3.55. The second-order valence-electron chi connectivity index (χ2n) is 5.62. The zero-order chi connectivity index (χ0) is 15.9. The standard InChI is InChI=1S/C15H18N4O3/c1-8-5-11(9(2)22-8)13-6-12(16)15(21)19(18-13)7-14(20)17-10-3-4-10/h5-6,10H,3-4,7,16H2,1-2H3,(H,17,20). The number of nitrogens with one attached hydrogen (secondary N) is 1. The maximum Gasteiger partial charge on any atom is 0.290 e. The second kappa shape index (κ2) is 5.32. The summed E-state index contributed by atoms with van der Waals surface area (Å²) in [6.07, 6.45) is 1.98. The molecule has 0 aliphatic heterocycles. The van der Waals surface area contributed by atoms with Crippen LogP contribution in [0.1, 0.15) is 24.4 Å². The van der Waals surface area contributed by atoms with Gasteiger partial charge in [-0.25, -0.2) is 4.68 Å². The van der Waals surface area contributed by atoms with Crippen molar-refractivity contribution in [1.29, 1.82) is 0 Å². The van der Waals surface area contributed by atoms with Gasteiger partial charge < -0.3 is 15.5 Å². The normalized spacial score (nSPS) is 14.1. The van der Waals surface area contributed by atoms with E-state index >= 15 is 0 Å². The lowest BCUT2D eigenvalue weighted by Crippen LogP contribution is -2.35. The lowest BCUT2D eigenvalue weighted by Gasteiger charge is -2.08. The first-order valence-corrected chi connectivity index (χ1v) is 7.18. The van der Waals surface area contributed by atoms with Crippen LogP contribution in [0.25, 0.3) is 11.3 Å². The van der Waals surface area contributed by atoms with E-state index in [2.05, 4.69) is 10.4 Å². The second-order valence-corrected chi connectivity index (χ2v) is 5.62. The minimum atomic E-state index is -0.465. The van der Waals surface area contributed by atoms with Crippen LogP contribution in [0.15, 0.2) is 21.3 Å². The fourth-order valence-electron chi connectivity index (χ4n) is 2.32. The molecule has 1 aliphatic rings. The summed E-state index contributed by atoms with van der Waals surface area (Å²) in [5.41, 5.74) is 6.65. The van der Waals surface area contributed by atoms with Crippen LogP contribution in [0, 0.1) is 13.8 Å². The summed E-state index contributed by atoms with van der Waals surface area (Å²) < 4.78 is 6.57. The molecule has 1 fully saturated rings. The molecular formula is C15H18N4O3. The van der Waals surface area contributed by atoms with Crippen LogP contribution in [0.3, 0.4) is 0 Å². The molecule has 0 saturated heterocycles. The van der Waals surface area contributed by atoms with Gasteiger partial charge in [-0.3, -0.25) is 9.59 Å². The zero-order valence-electron chi connectivity index (χ0n) is 12.5. The van der Waals surface area contributed by atoms with Crippen molar-refractivity contribution in [1.82, 2.24) is 15.1 Å². The van der Waals surface area contributed by atoms with Crippen molar-refractivity contribution in [3.05, 3.63) is 34.0 Å². The summed E-state index contributed by atoms with van der Waals surface area (Å²) in [7, 11) is 0. The molecule has 1 amide bonds. The van der Waals surface area contributed by atoms with Gasteiger partial charge in [0.2, 0.25) is 5.91 Å². The van der Waals surface area contributed by atoms with Crippen LogP contribution in [0.2, 0.25) is 0 Å². The van der Waals surface area contributed by atoms with Gasteiger partial charge in [-0.05, 0) is 38.8 Å². The number of carbonyl (C=O) groups is 1. The van der Waals surface area contributed by atoms with Crippen LogP contribution in [-0.2, 0) is 11.3 Å². The Morgan fingerprint density at radius 1 is 1.45 bits per heavy atom. The van der Waals surface area contributed by atoms with Gasteiger partial charge in [-0.15, -0.1) is 0 Å². The van der Waals surface area contributed by atoms with E-state index < -0.39 is 5.56 Å². The van der Waals surface area contributed by atoms with Crippen LogP contribution in [-0.4, -0.2) is 21.7 Å². The Labute approximate surface area is 127 Å².